The van der Waals surface area contributed by atoms with E-state index in [0.29, 0.717) is 16.4 Å². The van der Waals surface area contributed by atoms with Gasteiger partial charge in [0.05, 0.1) is 17.3 Å². The third-order valence-electron chi connectivity index (χ3n) is 2.87. The average molecular weight is 285 g/mol. The van der Waals surface area contributed by atoms with E-state index in [9.17, 15) is 4.79 Å². The van der Waals surface area contributed by atoms with Crippen molar-refractivity contribution in [1.29, 1.82) is 0 Å². The van der Waals surface area contributed by atoms with Gasteiger partial charge in [-0.2, -0.15) is 4.37 Å². The summed E-state index contributed by atoms with van der Waals surface area (Å²) >= 11 is 1.27. The van der Waals surface area contributed by atoms with E-state index in [1.54, 1.807) is 18.2 Å². The Hall–Kier alpha value is -2.40. The van der Waals surface area contributed by atoms with E-state index < -0.39 is 5.97 Å². The lowest BCUT2D eigenvalue weighted by molar-refractivity contribution is -0.136. The molecule has 1 aromatic heterocycles. The Labute approximate surface area is 119 Å². The van der Waals surface area contributed by atoms with Crippen molar-refractivity contribution in [2.45, 2.75) is 6.42 Å². The van der Waals surface area contributed by atoms with Crippen molar-refractivity contribution in [2.24, 2.45) is 0 Å². The van der Waals surface area contributed by atoms with Gasteiger partial charge in [0.25, 0.3) is 0 Å². The number of carbonyl (C=O) groups is 1. The smallest absolute Gasteiger partial charge is 0.307 e. The quantitative estimate of drug-likeness (QED) is 0.793. The maximum atomic E-state index is 10.9. The summed E-state index contributed by atoms with van der Waals surface area (Å²) in [6.07, 6.45) is -0.0626. The van der Waals surface area contributed by atoms with Crippen LogP contribution in [0.25, 0.3) is 10.9 Å². The molecule has 3 rings (SSSR count). The average Bonchev–Trinajstić information content (AvgIpc) is 2.84. The third-order valence-corrected chi connectivity index (χ3v) is 3.62. The van der Waals surface area contributed by atoms with Crippen LogP contribution in [0, 0.1) is 0 Å². The number of carboxylic acids is 1. The fourth-order valence-electron chi connectivity index (χ4n) is 1.95. The fraction of sp³-hybridized carbons (Fsp3) is 0.0667. The van der Waals surface area contributed by atoms with Gasteiger partial charge in [-0.05, 0) is 18.2 Å². The summed E-state index contributed by atoms with van der Waals surface area (Å²) in [4.78, 5) is 10.9. The summed E-state index contributed by atoms with van der Waals surface area (Å²) < 4.78 is 10.2. The van der Waals surface area contributed by atoms with E-state index in [4.69, 9.17) is 9.84 Å². The molecule has 1 heterocycles. The number of aromatic nitrogens is 1. The zero-order valence-corrected chi connectivity index (χ0v) is 11.3. The molecule has 0 saturated heterocycles. The van der Waals surface area contributed by atoms with E-state index in [1.807, 2.05) is 30.3 Å². The molecular weight excluding hydrogens is 274 g/mol. The molecule has 1 N–H and O–H groups in total. The minimum atomic E-state index is -0.879. The van der Waals surface area contributed by atoms with Crippen molar-refractivity contribution in [3.8, 4) is 10.8 Å². The molecule has 0 amide bonds. The lowest BCUT2D eigenvalue weighted by Gasteiger charge is -2.08. The van der Waals surface area contributed by atoms with Gasteiger partial charge >= 0.3 is 5.97 Å². The van der Waals surface area contributed by atoms with Crippen LogP contribution in [-0.2, 0) is 11.2 Å². The summed E-state index contributed by atoms with van der Waals surface area (Å²) in [6.45, 7) is 0. The van der Waals surface area contributed by atoms with Gasteiger partial charge < -0.3 is 9.84 Å². The molecule has 0 bridgehead atoms. The second kappa shape index (κ2) is 5.30. The van der Waals surface area contributed by atoms with Crippen molar-refractivity contribution < 1.29 is 14.6 Å². The normalized spacial score (nSPS) is 10.6. The first-order valence-electron chi connectivity index (χ1n) is 6.06. The molecule has 100 valence electrons. The van der Waals surface area contributed by atoms with E-state index in [2.05, 4.69) is 4.37 Å². The SMILES string of the molecule is O=C(O)Cc1ccccc1Oc1snc2ccccc12. The molecule has 20 heavy (non-hydrogen) atoms. The van der Waals surface area contributed by atoms with E-state index in [1.165, 1.54) is 11.5 Å². The van der Waals surface area contributed by atoms with Crippen LogP contribution in [0.2, 0.25) is 0 Å². The maximum Gasteiger partial charge on any atom is 0.307 e. The Bertz CT molecular complexity index is 766. The zero-order valence-electron chi connectivity index (χ0n) is 10.4. The number of para-hydroxylation sites is 1. The van der Waals surface area contributed by atoms with Gasteiger partial charge in [-0.15, -0.1) is 0 Å². The first-order chi connectivity index (χ1) is 9.74. The lowest BCUT2D eigenvalue weighted by Crippen LogP contribution is -2.01. The maximum absolute atomic E-state index is 10.9. The predicted octanol–water partition coefficient (Wildman–Crippen LogP) is 3.72. The van der Waals surface area contributed by atoms with Crippen LogP contribution in [0.1, 0.15) is 5.56 Å². The number of rotatable bonds is 4. The summed E-state index contributed by atoms with van der Waals surface area (Å²) in [5.74, 6) is -0.320. The summed E-state index contributed by atoms with van der Waals surface area (Å²) in [6, 6.07) is 14.9. The Kier molecular flexibility index (Phi) is 3.35. The number of carboxylic acid groups (broad SMARTS) is 1. The van der Waals surface area contributed by atoms with Crippen LogP contribution >= 0.6 is 11.5 Å². The van der Waals surface area contributed by atoms with Gasteiger partial charge in [0.2, 0.25) is 5.06 Å². The fourth-order valence-corrected chi connectivity index (χ4v) is 2.69. The van der Waals surface area contributed by atoms with Crippen LogP contribution in [0.15, 0.2) is 48.5 Å². The molecule has 0 radical (unpaired) electrons. The van der Waals surface area contributed by atoms with Gasteiger partial charge in [-0.3, -0.25) is 4.79 Å². The highest BCUT2D eigenvalue weighted by atomic mass is 32.1. The van der Waals surface area contributed by atoms with Gasteiger partial charge in [-0.1, -0.05) is 30.3 Å². The van der Waals surface area contributed by atoms with Crippen molar-refractivity contribution in [3.05, 3.63) is 54.1 Å². The molecule has 4 nitrogen and oxygen atoms in total. The Morgan fingerprint density at radius 2 is 1.90 bits per heavy atom. The summed E-state index contributed by atoms with van der Waals surface area (Å²) in [5.41, 5.74) is 1.53. The van der Waals surface area contributed by atoms with Gasteiger partial charge in [0, 0.05) is 17.1 Å². The molecular formula is C15H11NO3S. The monoisotopic (exact) mass is 285 g/mol. The highest BCUT2D eigenvalue weighted by molar-refractivity contribution is 7.09. The lowest BCUT2D eigenvalue weighted by atomic mass is 10.1. The van der Waals surface area contributed by atoms with Crippen molar-refractivity contribution in [3.63, 3.8) is 0 Å². The molecule has 0 spiro atoms. The number of hydrogen-bond acceptors (Lipinski definition) is 4. The number of fused-ring (bicyclic) bond motifs is 1. The molecule has 0 atom stereocenters. The molecule has 0 aliphatic heterocycles. The van der Waals surface area contributed by atoms with E-state index in [-0.39, 0.29) is 6.42 Å². The van der Waals surface area contributed by atoms with Gasteiger partial charge in [0.15, 0.2) is 0 Å². The van der Waals surface area contributed by atoms with Crippen LogP contribution in [-0.4, -0.2) is 15.4 Å². The minimum Gasteiger partial charge on any atom is -0.481 e. The zero-order chi connectivity index (χ0) is 13.9. The minimum absolute atomic E-state index is 0.0626. The predicted molar refractivity (Wildman–Crippen MR) is 77.5 cm³/mol. The highest BCUT2D eigenvalue weighted by Gasteiger charge is 2.12. The molecule has 2 aromatic carbocycles. The number of hydrogen-bond donors (Lipinski definition) is 1. The number of nitrogens with zero attached hydrogens (tertiary/aromatic N) is 1. The van der Waals surface area contributed by atoms with E-state index in [0.717, 1.165) is 10.9 Å². The van der Waals surface area contributed by atoms with Gasteiger partial charge in [0.1, 0.15) is 5.75 Å². The molecule has 0 unspecified atom stereocenters. The standard InChI is InChI=1S/C15H11NO3S/c17-14(18)9-10-5-1-4-8-13(10)19-15-11-6-2-3-7-12(11)16-20-15/h1-8H,9H2,(H,17,18). The van der Waals surface area contributed by atoms with Crippen LogP contribution in [0.3, 0.4) is 0 Å². The second-order valence-electron chi connectivity index (χ2n) is 4.27. The molecule has 0 aliphatic carbocycles. The Morgan fingerprint density at radius 3 is 2.75 bits per heavy atom. The van der Waals surface area contributed by atoms with E-state index >= 15 is 0 Å². The van der Waals surface area contributed by atoms with Crippen LogP contribution in [0.4, 0.5) is 0 Å². The van der Waals surface area contributed by atoms with Crippen molar-refractivity contribution in [2.75, 3.05) is 0 Å². The Balaban J connectivity index is 1.97. The van der Waals surface area contributed by atoms with Gasteiger partial charge in [-0.25, -0.2) is 0 Å². The summed E-state index contributed by atoms with van der Waals surface area (Å²) in [5, 5.41) is 10.5. The second-order valence-corrected chi connectivity index (χ2v) is 5.00. The molecule has 0 saturated carbocycles. The molecule has 0 fully saturated rings. The Morgan fingerprint density at radius 1 is 1.15 bits per heavy atom. The first kappa shape index (κ1) is 12.6. The molecule has 0 aliphatic rings. The van der Waals surface area contributed by atoms with Crippen LogP contribution < -0.4 is 4.74 Å². The van der Waals surface area contributed by atoms with Crippen LogP contribution in [0.5, 0.6) is 10.8 Å². The number of ether oxygens (including phenoxy) is 1. The third kappa shape index (κ3) is 2.48. The number of benzene rings is 2. The molecule has 5 heteroatoms. The first-order valence-corrected chi connectivity index (χ1v) is 6.83. The highest BCUT2D eigenvalue weighted by Crippen LogP contribution is 2.35. The number of aliphatic carboxylic acids is 1. The van der Waals surface area contributed by atoms with Crippen molar-refractivity contribution >= 4 is 28.4 Å². The largest absolute Gasteiger partial charge is 0.481 e. The molecule has 3 aromatic rings. The topological polar surface area (TPSA) is 59.4 Å². The summed E-state index contributed by atoms with van der Waals surface area (Å²) in [7, 11) is 0. The van der Waals surface area contributed by atoms with Crippen molar-refractivity contribution in [1.82, 2.24) is 4.37 Å².